The molecule has 0 aromatic heterocycles. The first-order chi connectivity index (χ1) is 11.2. The molecule has 0 aliphatic rings. The lowest BCUT2D eigenvalue weighted by Crippen LogP contribution is -2.29. The predicted octanol–water partition coefficient (Wildman–Crippen LogP) is 5.37. The zero-order chi connectivity index (χ0) is 17.9. The number of rotatable bonds is 5. The Labute approximate surface area is 152 Å². The summed E-state index contributed by atoms with van der Waals surface area (Å²) in [6.07, 6.45) is -0.906. The summed E-state index contributed by atoms with van der Waals surface area (Å²) in [5, 5.41) is 10.2. The van der Waals surface area contributed by atoms with Gasteiger partial charge in [-0.15, -0.1) is 0 Å². The molecule has 0 aliphatic carbocycles. The van der Waals surface area contributed by atoms with E-state index in [-0.39, 0.29) is 11.8 Å². The van der Waals surface area contributed by atoms with Gasteiger partial charge in [0, 0.05) is 6.42 Å². The standard InChI is InChI=1S/C19H20Cl2O3/c1-19(2,3)13-7-9-14(10-8-13)24-16(18(22)23)11-12-5-4-6-15(20)17(12)21/h4-10,16H,11H2,1-3H3,(H,22,23). The average molecular weight is 367 g/mol. The molecule has 0 amide bonds. The summed E-state index contributed by atoms with van der Waals surface area (Å²) in [4.78, 5) is 11.5. The van der Waals surface area contributed by atoms with Crippen LogP contribution < -0.4 is 4.74 Å². The molecule has 3 nitrogen and oxygen atoms in total. The van der Waals surface area contributed by atoms with Gasteiger partial charge >= 0.3 is 5.97 Å². The smallest absolute Gasteiger partial charge is 0.345 e. The molecule has 1 atom stereocenters. The summed E-state index contributed by atoms with van der Waals surface area (Å²) in [5.74, 6) is -0.542. The van der Waals surface area contributed by atoms with Crippen molar-refractivity contribution in [3.05, 3.63) is 63.6 Å². The topological polar surface area (TPSA) is 46.5 Å². The van der Waals surface area contributed by atoms with Crippen LogP contribution in [0.2, 0.25) is 10.0 Å². The molecule has 1 unspecified atom stereocenters. The van der Waals surface area contributed by atoms with Gasteiger partial charge in [0.25, 0.3) is 0 Å². The molecular weight excluding hydrogens is 347 g/mol. The molecule has 0 spiro atoms. The zero-order valence-electron chi connectivity index (χ0n) is 13.8. The molecule has 0 radical (unpaired) electrons. The van der Waals surface area contributed by atoms with Crippen LogP contribution in [0.5, 0.6) is 5.75 Å². The van der Waals surface area contributed by atoms with Crippen LogP contribution in [0.1, 0.15) is 31.9 Å². The zero-order valence-corrected chi connectivity index (χ0v) is 15.4. The fraction of sp³-hybridized carbons (Fsp3) is 0.316. The predicted molar refractivity (Wildman–Crippen MR) is 97.4 cm³/mol. The van der Waals surface area contributed by atoms with Crippen LogP contribution in [0, 0.1) is 0 Å². The maximum atomic E-state index is 11.5. The monoisotopic (exact) mass is 366 g/mol. The third-order valence-corrected chi connectivity index (χ3v) is 4.57. The molecule has 2 aromatic carbocycles. The van der Waals surface area contributed by atoms with Gasteiger partial charge in [0.1, 0.15) is 5.75 Å². The Balaban J connectivity index is 2.17. The van der Waals surface area contributed by atoms with Gasteiger partial charge in [-0.05, 0) is 34.7 Å². The number of carbonyl (C=O) groups is 1. The molecule has 128 valence electrons. The molecule has 1 N–H and O–H groups in total. The minimum Gasteiger partial charge on any atom is -0.478 e. The molecule has 0 saturated carbocycles. The van der Waals surface area contributed by atoms with Crippen molar-refractivity contribution < 1.29 is 14.6 Å². The van der Waals surface area contributed by atoms with Crippen molar-refractivity contribution in [1.82, 2.24) is 0 Å². The molecule has 5 heteroatoms. The number of halogens is 2. The van der Waals surface area contributed by atoms with Crippen LogP contribution in [0.15, 0.2) is 42.5 Å². The van der Waals surface area contributed by atoms with Crippen LogP contribution in [0.3, 0.4) is 0 Å². The Morgan fingerprint density at radius 2 is 1.75 bits per heavy atom. The van der Waals surface area contributed by atoms with Gasteiger partial charge in [0.05, 0.1) is 10.0 Å². The van der Waals surface area contributed by atoms with Gasteiger partial charge in [-0.3, -0.25) is 0 Å². The molecule has 2 aromatic rings. The minimum atomic E-state index is -1.05. The number of hydrogen-bond donors (Lipinski definition) is 1. The van der Waals surface area contributed by atoms with E-state index in [9.17, 15) is 9.90 Å². The summed E-state index contributed by atoms with van der Waals surface area (Å²) in [5.41, 5.74) is 1.82. The van der Waals surface area contributed by atoms with Gasteiger partial charge < -0.3 is 9.84 Å². The summed E-state index contributed by atoms with van der Waals surface area (Å²) >= 11 is 12.1. The first-order valence-corrected chi connectivity index (χ1v) is 8.37. The van der Waals surface area contributed by atoms with Crippen LogP contribution in [-0.2, 0) is 16.6 Å². The van der Waals surface area contributed by atoms with Gasteiger partial charge in [-0.1, -0.05) is 68.2 Å². The highest BCUT2D eigenvalue weighted by molar-refractivity contribution is 6.42. The molecule has 0 saturated heterocycles. The third-order valence-electron chi connectivity index (χ3n) is 3.71. The normalized spacial score (nSPS) is 12.7. The fourth-order valence-electron chi connectivity index (χ4n) is 2.28. The fourth-order valence-corrected chi connectivity index (χ4v) is 2.68. The Kier molecular flexibility index (Phi) is 5.79. The lowest BCUT2D eigenvalue weighted by atomic mass is 9.87. The van der Waals surface area contributed by atoms with E-state index in [4.69, 9.17) is 27.9 Å². The van der Waals surface area contributed by atoms with Crippen molar-refractivity contribution in [2.24, 2.45) is 0 Å². The van der Waals surface area contributed by atoms with E-state index in [2.05, 4.69) is 20.8 Å². The number of ether oxygens (including phenoxy) is 1. The average Bonchev–Trinajstić information content (AvgIpc) is 2.50. The van der Waals surface area contributed by atoms with Crippen molar-refractivity contribution in [2.45, 2.75) is 38.7 Å². The van der Waals surface area contributed by atoms with E-state index in [1.807, 2.05) is 12.1 Å². The van der Waals surface area contributed by atoms with Crippen molar-refractivity contribution in [3.8, 4) is 5.75 Å². The molecule has 0 fully saturated rings. The summed E-state index contributed by atoms with van der Waals surface area (Å²) in [6.45, 7) is 6.35. The Morgan fingerprint density at radius 3 is 2.29 bits per heavy atom. The quantitative estimate of drug-likeness (QED) is 0.773. The number of hydrogen-bond acceptors (Lipinski definition) is 2. The molecule has 0 bridgehead atoms. The summed E-state index contributed by atoms with van der Waals surface area (Å²) in [7, 11) is 0. The number of benzene rings is 2. The molecule has 0 heterocycles. The summed E-state index contributed by atoms with van der Waals surface area (Å²) < 4.78 is 5.64. The summed E-state index contributed by atoms with van der Waals surface area (Å²) in [6, 6.07) is 12.6. The molecule has 0 aliphatic heterocycles. The number of carboxylic acid groups (broad SMARTS) is 1. The first kappa shape index (κ1) is 18.6. The van der Waals surface area contributed by atoms with E-state index in [1.165, 1.54) is 0 Å². The highest BCUT2D eigenvalue weighted by atomic mass is 35.5. The third kappa shape index (κ3) is 4.65. The van der Waals surface area contributed by atoms with Crippen molar-refractivity contribution in [1.29, 1.82) is 0 Å². The maximum absolute atomic E-state index is 11.5. The maximum Gasteiger partial charge on any atom is 0.345 e. The second-order valence-corrected chi connectivity index (χ2v) is 7.42. The van der Waals surface area contributed by atoms with Crippen molar-refractivity contribution >= 4 is 29.2 Å². The number of carboxylic acids is 1. The lowest BCUT2D eigenvalue weighted by Gasteiger charge is -2.20. The first-order valence-electron chi connectivity index (χ1n) is 7.61. The van der Waals surface area contributed by atoms with Crippen molar-refractivity contribution in [2.75, 3.05) is 0 Å². The van der Waals surface area contributed by atoms with Gasteiger partial charge in [0.2, 0.25) is 0 Å². The highest BCUT2D eigenvalue weighted by Crippen LogP contribution is 2.28. The second-order valence-electron chi connectivity index (χ2n) is 6.64. The Morgan fingerprint density at radius 1 is 1.12 bits per heavy atom. The van der Waals surface area contributed by atoms with E-state index in [0.717, 1.165) is 5.56 Å². The van der Waals surface area contributed by atoms with Crippen LogP contribution >= 0.6 is 23.2 Å². The minimum absolute atomic E-state index is 0.0268. The highest BCUT2D eigenvalue weighted by Gasteiger charge is 2.22. The molecule has 24 heavy (non-hydrogen) atoms. The second kappa shape index (κ2) is 7.45. The van der Waals surface area contributed by atoms with E-state index in [1.54, 1.807) is 30.3 Å². The SMILES string of the molecule is CC(C)(C)c1ccc(OC(Cc2cccc(Cl)c2Cl)C(=O)O)cc1. The van der Waals surface area contributed by atoms with Gasteiger partial charge in [-0.2, -0.15) is 0 Å². The van der Waals surface area contributed by atoms with Crippen molar-refractivity contribution in [3.63, 3.8) is 0 Å². The van der Waals surface area contributed by atoms with Crippen LogP contribution in [0.4, 0.5) is 0 Å². The van der Waals surface area contributed by atoms with Crippen LogP contribution in [-0.4, -0.2) is 17.2 Å². The van der Waals surface area contributed by atoms with E-state index < -0.39 is 12.1 Å². The van der Waals surface area contributed by atoms with E-state index in [0.29, 0.717) is 21.4 Å². The largest absolute Gasteiger partial charge is 0.478 e. The Bertz CT molecular complexity index is 718. The van der Waals surface area contributed by atoms with Gasteiger partial charge in [-0.25, -0.2) is 4.79 Å². The number of aliphatic carboxylic acids is 1. The molecule has 2 rings (SSSR count). The van der Waals surface area contributed by atoms with E-state index >= 15 is 0 Å². The lowest BCUT2D eigenvalue weighted by molar-refractivity contribution is -0.145. The van der Waals surface area contributed by atoms with Gasteiger partial charge in [0.15, 0.2) is 6.10 Å². The molecular formula is C19H20Cl2O3. The Hall–Kier alpha value is -1.71. The van der Waals surface area contributed by atoms with Crippen LogP contribution in [0.25, 0.3) is 0 Å².